The smallest absolute Gasteiger partial charge is 0.246 e. The molecule has 0 unspecified atom stereocenters. The molecule has 0 radical (unpaired) electrons. The summed E-state index contributed by atoms with van der Waals surface area (Å²) in [4.78, 5) is 17.4. The highest BCUT2D eigenvalue weighted by atomic mass is 16.7. The van der Waals surface area contributed by atoms with Crippen LogP contribution in [0.5, 0.6) is 11.5 Å². The zero-order valence-electron chi connectivity index (χ0n) is 16.2. The Morgan fingerprint density at radius 2 is 1.82 bits per heavy atom. The lowest BCUT2D eigenvalue weighted by Gasteiger charge is -2.36. The summed E-state index contributed by atoms with van der Waals surface area (Å²) in [5, 5.41) is 0. The van der Waals surface area contributed by atoms with Crippen molar-refractivity contribution in [2.45, 2.75) is 18.9 Å². The summed E-state index contributed by atoms with van der Waals surface area (Å²) in [6.45, 7) is 6.71. The maximum absolute atomic E-state index is 13.0. The van der Waals surface area contributed by atoms with Crippen LogP contribution in [0.1, 0.15) is 18.4 Å². The van der Waals surface area contributed by atoms with Crippen molar-refractivity contribution in [3.8, 4) is 11.5 Å². The van der Waals surface area contributed by atoms with Crippen molar-refractivity contribution < 1.29 is 23.7 Å². The minimum atomic E-state index is 0.0535. The number of rotatable bonds is 6. The van der Waals surface area contributed by atoms with Gasteiger partial charge in [0.1, 0.15) is 0 Å². The Labute approximate surface area is 165 Å². The van der Waals surface area contributed by atoms with Gasteiger partial charge < -0.3 is 23.8 Å². The second-order valence-corrected chi connectivity index (χ2v) is 7.28. The predicted molar refractivity (Wildman–Crippen MR) is 104 cm³/mol. The van der Waals surface area contributed by atoms with E-state index < -0.39 is 0 Å². The van der Waals surface area contributed by atoms with Crippen molar-refractivity contribution >= 4 is 12.0 Å². The van der Waals surface area contributed by atoms with Gasteiger partial charge in [-0.25, -0.2) is 0 Å². The topological polar surface area (TPSA) is 60.5 Å². The second-order valence-electron chi connectivity index (χ2n) is 7.28. The number of morpholine rings is 1. The third-order valence-corrected chi connectivity index (χ3v) is 5.49. The van der Waals surface area contributed by atoms with Crippen LogP contribution in [-0.2, 0) is 14.3 Å². The molecule has 1 amide bonds. The molecule has 2 fully saturated rings. The lowest BCUT2D eigenvalue weighted by Crippen LogP contribution is -2.48. The number of hydrogen-bond acceptors (Lipinski definition) is 6. The van der Waals surface area contributed by atoms with E-state index in [0.29, 0.717) is 0 Å². The highest BCUT2D eigenvalue weighted by molar-refractivity contribution is 5.92. The van der Waals surface area contributed by atoms with Gasteiger partial charge in [0.25, 0.3) is 0 Å². The molecule has 0 spiro atoms. The highest BCUT2D eigenvalue weighted by Crippen LogP contribution is 2.32. The van der Waals surface area contributed by atoms with Crippen LogP contribution < -0.4 is 9.47 Å². The SMILES string of the molecule is O=C(/C=C/c1ccc2c(c1)OCO2)N(CCN1CCOCC1)C1CCOCC1. The quantitative estimate of drug-likeness (QED) is 0.693. The third-order valence-electron chi connectivity index (χ3n) is 5.49. The molecule has 3 aliphatic rings. The van der Waals surface area contributed by atoms with Crippen LogP contribution >= 0.6 is 0 Å². The van der Waals surface area contributed by atoms with Crippen molar-refractivity contribution in [1.29, 1.82) is 0 Å². The number of benzene rings is 1. The van der Waals surface area contributed by atoms with E-state index in [9.17, 15) is 4.79 Å². The minimum absolute atomic E-state index is 0.0535. The van der Waals surface area contributed by atoms with Gasteiger partial charge in [-0.2, -0.15) is 0 Å². The molecule has 0 N–H and O–H groups in total. The van der Waals surface area contributed by atoms with Gasteiger partial charge in [0.2, 0.25) is 12.7 Å². The zero-order valence-corrected chi connectivity index (χ0v) is 16.2. The first kappa shape index (κ1) is 19.2. The number of ether oxygens (including phenoxy) is 4. The molecule has 0 atom stereocenters. The molecule has 7 heteroatoms. The molecule has 0 saturated carbocycles. The number of nitrogens with zero attached hydrogens (tertiary/aromatic N) is 2. The van der Waals surface area contributed by atoms with E-state index >= 15 is 0 Å². The molecule has 0 bridgehead atoms. The average molecular weight is 388 g/mol. The highest BCUT2D eigenvalue weighted by Gasteiger charge is 2.25. The van der Waals surface area contributed by atoms with Crippen molar-refractivity contribution in [3.63, 3.8) is 0 Å². The molecule has 7 nitrogen and oxygen atoms in total. The van der Waals surface area contributed by atoms with Crippen molar-refractivity contribution in [3.05, 3.63) is 29.8 Å². The Balaban J connectivity index is 1.41. The summed E-state index contributed by atoms with van der Waals surface area (Å²) in [6.07, 6.45) is 5.32. The maximum atomic E-state index is 13.0. The summed E-state index contributed by atoms with van der Waals surface area (Å²) >= 11 is 0. The van der Waals surface area contributed by atoms with Gasteiger partial charge in [-0.1, -0.05) is 6.07 Å². The number of carbonyl (C=O) groups is 1. The Morgan fingerprint density at radius 1 is 1.07 bits per heavy atom. The fraction of sp³-hybridized carbons (Fsp3) is 0.571. The van der Waals surface area contributed by atoms with Gasteiger partial charge >= 0.3 is 0 Å². The summed E-state index contributed by atoms with van der Waals surface area (Å²) < 4.78 is 21.7. The fourth-order valence-corrected chi connectivity index (χ4v) is 3.82. The Bertz CT molecular complexity index is 696. The van der Waals surface area contributed by atoms with Crippen molar-refractivity contribution in [2.75, 3.05) is 59.4 Å². The largest absolute Gasteiger partial charge is 0.454 e. The molecule has 152 valence electrons. The van der Waals surface area contributed by atoms with Crippen LogP contribution in [0.25, 0.3) is 6.08 Å². The molecule has 0 aliphatic carbocycles. The number of fused-ring (bicyclic) bond motifs is 1. The standard InChI is InChI=1S/C21H28N2O5/c24-21(4-2-17-1-3-19-20(15-17)28-16-27-19)23(18-5-11-25-12-6-18)8-7-22-9-13-26-14-10-22/h1-4,15,18H,5-14,16H2/b4-2+. The lowest BCUT2D eigenvalue weighted by atomic mass is 10.1. The third kappa shape index (κ3) is 4.84. The average Bonchev–Trinajstić information content (AvgIpc) is 3.22. The second kappa shape index (κ2) is 9.41. The monoisotopic (exact) mass is 388 g/mol. The Hall–Kier alpha value is -2.09. The molecule has 3 aliphatic heterocycles. The van der Waals surface area contributed by atoms with Gasteiger partial charge in [0.15, 0.2) is 11.5 Å². The van der Waals surface area contributed by atoms with E-state index in [4.69, 9.17) is 18.9 Å². The van der Waals surface area contributed by atoms with Gasteiger partial charge in [0, 0.05) is 51.5 Å². The van der Waals surface area contributed by atoms with Crippen molar-refractivity contribution in [1.82, 2.24) is 9.80 Å². The first-order valence-electron chi connectivity index (χ1n) is 10.1. The van der Waals surface area contributed by atoms with E-state index in [1.165, 1.54) is 0 Å². The molecule has 4 rings (SSSR count). The van der Waals surface area contributed by atoms with E-state index in [1.807, 2.05) is 29.2 Å². The summed E-state index contributed by atoms with van der Waals surface area (Å²) in [5.74, 6) is 1.53. The summed E-state index contributed by atoms with van der Waals surface area (Å²) in [6, 6.07) is 5.95. The van der Waals surface area contributed by atoms with E-state index in [1.54, 1.807) is 6.08 Å². The van der Waals surface area contributed by atoms with Gasteiger partial charge in [-0.05, 0) is 36.6 Å². The first-order valence-corrected chi connectivity index (χ1v) is 10.1. The number of amides is 1. The Morgan fingerprint density at radius 3 is 2.64 bits per heavy atom. The molecule has 3 heterocycles. The maximum Gasteiger partial charge on any atom is 0.246 e. The molecule has 1 aromatic rings. The molecular formula is C21H28N2O5. The number of hydrogen-bond donors (Lipinski definition) is 0. The summed E-state index contributed by atoms with van der Waals surface area (Å²) in [7, 11) is 0. The van der Waals surface area contributed by atoms with Crippen molar-refractivity contribution in [2.24, 2.45) is 0 Å². The van der Waals surface area contributed by atoms with Crippen LogP contribution in [0.4, 0.5) is 0 Å². The molecular weight excluding hydrogens is 360 g/mol. The normalized spacial score (nSPS) is 20.6. The fourth-order valence-electron chi connectivity index (χ4n) is 3.82. The molecule has 28 heavy (non-hydrogen) atoms. The van der Waals surface area contributed by atoms with Gasteiger partial charge in [0.05, 0.1) is 13.2 Å². The molecule has 1 aromatic carbocycles. The number of carbonyl (C=O) groups excluding carboxylic acids is 1. The van der Waals surface area contributed by atoms with Crippen LogP contribution in [0.2, 0.25) is 0 Å². The lowest BCUT2D eigenvalue weighted by molar-refractivity contribution is -0.130. The molecule has 2 saturated heterocycles. The van der Waals surface area contributed by atoms with Crippen LogP contribution in [0, 0.1) is 0 Å². The van der Waals surface area contributed by atoms with Crippen LogP contribution in [0.15, 0.2) is 24.3 Å². The predicted octanol–water partition coefficient (Wildman–Crippen LogP) is 1.77. The summed E-state index contributed by atoms with van der Waals surface area (Å²) in [5.41, 5.74) is 0.928. The van der Waals surface area contributed by atoms with Crippen LogP contribution in [-0.4, -0.2) is 81.1 Å². The van der Waals surface area contributed by atoms with E-state index in [2.05, 4.69) is 4.90 Å². The van der Waals surface area contributed by atoms with E-state index in [-0.39, 0.29) is 18.7 Å². The Kier molecular flexibility index (Phi) is 6.46. The zero-order chi connectivity index (χ0) is 19.2. The minimum Gasteiger partial charge on any atom is -0.454 e. The van der Waals surface area contributed by atoms with Crippen LogP contribution in [0.3, 0.4) is 0 Å². The van der Waals surface area contributed by atoms with Gasteiger partial charge in [-0.3, -0.25) is 9.69 Å². The van der Waals surface area contributed by atoms with E-state index in [0.717, 1.165) is 82.5 Å². The molecule has 0 aromatic heterocycles. The first-order chi connectivity index (χ1) is 13.8. The van der Waals surface area contributed by atoms with Gasteiger partial charge in [-0.15, -0.1) is 0 Å².